The normalized spacial score (nSPS) is 20.3. The van der Waals surface area contributed by atoms with Gasteiger partial charge in [-0.3, -0.25) is 0 Å². The monoisotopic (exact) mass is 337 g/mol. The zero-order valence-corrected chi connectivity index (χ0v) is 11.9. The van der Waals surface area contributed by atoms with Crippen LogP contribution in [0.2, 0.25) is 0 Å². The van der Waals surface area contributed by atoms with Gasteiger partial charge in [0.2, 0.25) is 0 Å². The lowest BCUT2D eigenvalue weighted by molar-refractivity contribution is -0.137. The summed E-state index contributed by atoms with van der Waals surface area (Å²) in [4.78, 5) is 0. The Balaban J connectivity index is 2.06. The quantitative estimate of drug-likeness (QED) is 0.887. The van der Waals surface area contributed by atoms with Crippen LogP contribution < -0.4 is 5.32 Å². The average Bonchev–Trinajstić information content (AvgIpc) is 2.37. The molecule has 1 fully saturated rings. The minimum atomic E-state index is -4.35. The molecule has 1 aromatic carbocycles. The van der Waals surface area contributed by atoms with Crippen molar-refractivity contribution < 1.29 is 17.9 Å². The number of ether oxygens (including phenoxy) is 1. The zero-order chi connectivity index (χ0) is 13.9. The van der Waals surface area contributed by atoms with Crippen molar-refractivity contribution in [3.63, 3.8) is 0 Å². The maximum Gasteiger partial charge on any atom is 0.418 e. The fourth-order valence-corrected chi connectivity index (χ4v) is 2.49. The molecule has 1 saturated heterocycles. The van der Waals surface area contributed by atoms with Crippen LogP contribution in [0.4, 0.5) is 18.9 Å². The number of rotatable bonds is 3. The molecule has 0 bridgehead atoms. The first kappa shape index (κ1) is 14.7. The maximum atomic E-state index is 12.9. The van der Waals surface area contributed by atoms with Crippen LogP contribution >= 0.6 is 15.9 Å². The van der Waals surface area contributed by atoms with Crippen molar-refractivity contribution in [2.75, 3.05) is 25.1 Å². The van der Waals surface area contributed by atoms with Crippen LogP contribution in [-0.4, -0.2) is 19.8 Å². The van der Waals surface area contributed by atoms with E-state index in [0.717, 1.165) is 25.5 Å². The average molecular weight is 338 g/mol. The third-order valence-corrected chi connectivity index (χ3v) is 3.62. The first-order valence-electron chi connectivity index (χ1n) is 6.15. The molecule has 2 rings (SSSR count). The van der Waals surface area contributed by atoms with E-state index in [2.05, 4.69) is 21.2 Å². The second kappa shape index (κ2) is 6.13. The van der Waals surface area contributed by atoms with Crippen molar-refractivity contribution >= 4 is 21.6 Å². The Kier molecular flexibility index (Phi) is 4.73. The van der Waals surface area contributed by atoms with Crippen LogP contribution in [0.15, 0.2) is 22.7 Å². The van der Waals surface area contributed by atoms with Crippen LogP contribution in [0.5, 0.6) is 0 Å². The fourth-order valence-electron chi connectivity index (χ4n) is 2.13. The van der Waals surface area contributed by atoms with Crippen LogP contribution in [0.25, 0.3) is 0 Å². The summed E-state index contributed by atoms with van der Waals surface area (Å²) in [6, 6.07) is 4.16. The second-order valence-electron chi connectivity index (χ2n) is 4.65. The van der Waals surface area contributed by atoms with Gasteiger partial charge < -0.3 is 10.1 Å². The minimum Gasteiger partial charge on any atom is -0.384 e. The number of hydrogen-bond donors (Lipinski definition) is 1. The smallest absolute Gasteiger partial charge is 0.384 e. The van der Waals surface area contributed by atoms with Gasteiger partial charge in [-0.05, 0) is 37.0 Å². The Morgan fingerprint density at radius 3 is 2.79 bits per heavy atom. The van der Waals surface area contributed by atoms with E-state index in [1.54, 1.807) is 6.07 Å². The molecule has 0 aliphatic carbocycles. The van der Waals surface area contributed by atoms with E-state index < -0.39 is 11.7 Å². The van der Waals surface area contributed by atoms with Crippen molar-refractivity contribution in [3.8, 4) is 0 Å². The topological polar surface area (TPSA) is 21.3 Å². The highest BCUT2D eigenvalue weighted by Crippen LogP contribution is 2.36. The Morgan fingerprint density at radius 1 is 1.37 bits per heavy atom. The molecule has 6 heteroatoms. The molecular formula is C13H15BrF3NO. The fraction of sp³-hybridized carbons (Fsp3) is 0.538. The summed E-state index contributed by atoms with van der Waals surface area (Å²) < 4.78 is 44.5. The van der Waals surface area contributed by atoms with Crippen molar-refractivity contribution in [3.05, 3.63) is 28.2 Å². The third kappa shape index (κ3) is 4.11. The number of anilines is 1. The molecule has 0 saturated carbocycles. The summed E-state index contributed by atoms with van der Waals surface area (Å²) in [5, 5.41) is 2.90. The summed E-state index contributed by atoms with van der Waals surface area (Å²) in [6.45, 7) is 1.87. The van der Waals surface area contributed by atoms with Gasteiger partial charge in [-0.15, -0.1) is 0 Å². The van der Waals surface area contributed by atoms with Gasteiger partial charge in [-0.1, -0.05) is 15.9 Å². The molecule has 0 radical (unpaired) electrons. The Labute approximate surface area is 118 Å². The largest absolute Gasteiger partial charge is 0.418 e. The van der Waals surface area contributed by atoms with Crippen molar-refractivity contribution in [2.24, 2.45) is 5.92 Å². The van der Waals surface area contributed by atoms with Gasteiger partial charge >= 0.3 is 6.18 Å². The van der Waals surface area contributed by atoms with E-state index in [1.807, 2.05) is 0 Å². The lowest BCUT2D eigenvalue weighted by atomic mass is 10.0. The van der Waals surface area contributed by atoms with Gasteiger partial charge in [0.05, 0.1) is 12.2 Å². The highest BCUT2D eigenvalue weighted by Gasteiger charge is 2.33. The summed E-state index contributed by atoms with van der Waals surface area (Å²) in [5.41, 5.74) is -0.514. The standard InChI is InChI=1S/C13H15BrF3NO/c14-10-3-4-12(11(6-10)13(15,16)17)18-7-9-2-1-5-19-8-9/h3-4,6,9,18H,1-2,5,7-8H2. The van der Waals surface area contributed by atoms with Crippen molar-refractivity contribution in [2.45, 2.75) is 19.0 Å². The summed E-state index contributed by atoms with van der Waals surface area (Å²) in [7, 11) is 0. The zero-order valence-electron chi connectivity index (χ0n) is 10.3. The van der Waals surface area contributed by atoms with E-state index in [1.165, 1.54) is 6.07 Å². The van der Waals surface area contributed by atoms with Crippen LogP contribution in [0.1, 0.15) is 18.4 Å². The minimum absolute atomic E-state index is 0.126. The predicted molar refractivity (Wildman–Crippen MR) is 71.2 cm³/mol. The van der Waals surface area contributed by atoms with Crippen LogP contribution in [0, 0.1) is 5.92 Å². The molecule has 1 N–H and O–H groups in total. The van der Waals surface area contributed by atoms with Crippen molar-refractivity contribution in [1.82, 2.24) is 0 Å². The van der Waals surface area contributed by atoms with Gasteiger partial charge in [-0.25, -0.2) is 0 Å². The summed E-state index contributed by atoms with van der Waals surface area (Å²) in [6.07, 6.45) is -2.39. The first-order chi connectivity index (χ1) is 8.97. The highest BCUT2D eigenvalue weighted by molar-refractivity contribution is 9.10. The molecule has 1 aromatic rings. The predicted octanol–water partition coefficient (Wildman–Crippen LogP) is 4.31. The Hall–Kier alpha value is -0.750. The van der Waals surface area contributed by atoms with Crippen LogP contribution in [0.3, 0.4) is 0 Å². The third-order valence-electron chi connectivity index (χ3n) is 3.12. The molecule has 2 nitrogen and oxygen atoms in total. The molecule has 106 valence electrons. The molecule has 1 unspecified atom stereocenters. The van der Waals surface area contributed by atoms with Gasteiger partial charge in [0.15, 0.2) is 0 Å². The number of benzene rings is 1. The lowest BCUT2D eigenvalue weighted by Gasteiger charge is -2.23. The maximum absolute atomic E-state index is 12.9. The highest BCUT2D eigenvalue weighted by atomic mass is 79.9. The molecule has 19 heavy (non-hydrogen) atoms. The Bertz CT molecular complexity index is 430. The SMILES string of the molecule is FC(F)(F)c1cc(Br)ccc1NCC1CCCOC1. The van der Waals surface area contributed by atoms with E-state index in [4.69, 9.17) is 4.74 Å². The molecule has 0 amide bonds. The number of alkyl halides is 3. The van der Waals surface area contributed by atoms with E-state index >= 15 is 0 Å². The van der Waals surface area contributed by atoms with Gasteiger partial charge in [0, 0.05) is 23.3 Å². The number of nitrogens with one attached hydrogen (secondary N) is 1. The molecule has 0 aromatic heterocycles. The molecule has 1 heterocycles. The van der Waals surface area contributed by atoms with E-state index in [-0.39, 0.29) is 11.6 Å². The van der Waals surface area contributed by atoms with Gasteiger partial charge in [-0.2, -0.15) is 13.2 Å². The number of hydrogen-bond acceptors (Lipinski definition) is 2. The van der Waals surface area contributed by atoms with E-state index in [9.17, 15) is 13.2 Å². The van der Waals surface area contributed by atoms with Gasteiger partial charge in [0.1, 0.15) is 0 Å². The molecule has 1 atom stereocenters. The number of halogens is 4. The molecule has 1 aliphatic rings. The molecular weight excluding hydrogens is 323 g/mol. The van der Waals surface area contributed by atoms with Crippen molar-refractivity contribution in [1.29, 1.82) is 0 Å². The summed E-state index contributed by atoms with van der Waals surface area (Å²) >= 11 is 3.07. The second-order valence-corrected chi connectivity index (χ2v) is 5.57. The van der Waals surface area contributed by atoms with Gasteiger partial charge in [0.25, 0.3) is 0 Å². The first-order valence-corrected chi connectivity index (χ1v) is 6.94. The van der Waals surface area contributed by atoms with Crippen LogP contribution in [-0.2, 0) is 10.9 Å². The summed E-state index contributed by atoms with van der Waals surface area (Å²) in [5.74, 6) is 0.276. The lowest BCUT2D eigenvalue weighted by Crippen LogP contribution is -2.25. The molecule has 1 aliphatic heterocycles. The Morgan fingerprint density at radius 2 is 2.16 bits per heavy atom. The van der Waals surface area contributed by atoms with E-state index in [0.29, 0.717) is 17.6 Å². The molecule has 0 spiro atoms.